The molecule has 5 rings (SSSR count). The van der Waals surface area contributed by atoms with Gasteiger partial charge in [-0.15, -0.1) is 0 Å². The van der Waals surface area contributed by atoms with Crippen LogP contribution in [0.1, 0.15) is 40.5 Å². The molecule has 0 bridgehead atoms. The van der Waals surface area contributed by atoms with Gasteiger partial charge in [0.2, 0.25) is 47.6 Å². The van der Waals surface area contributed by atoms with Gasteiger partial charge in [-0.05, 0) is 48.9 Å². The zero-order chi connectivity index (χ0) is 36.3. The molecule has 2 aliphatic heterocycles. The second kappa shape index (κ2) is 14.2. The lowest BCUT2D eigenvalue weighted by molar-refractivity contribution is -0.119. The summed E-state index contributed by atoms with van der Waals surface area (Å²) in [5, 5.41) is 26.5. The van der Waals surface area contributed by atoms with E-state index in [0.29, 0.717) is 24.2 Å². The monoisotopic (exact) mass is 686 g/mol. The number of nitrogens with zero attached hydrogens (tertiary/aromatic N) is 10. The van der Waals surface area contributed by atoms with Crippen molar-refractivity contribution >= 4 is 82.7 Å². The molecule has 2 aliphatic rings. The summed E-state index contributed by atoms with van der Waals surface area (Å²) in [6, 6.07) is 5.41. The highest BCUT2D eigenvalue weighted by Gasteiger charge is 2.38. The highest BCUT2D eigenvalue weighted by Crippen LogP contribution is 2.28. The molecule has 14 N–H and O–H groups in total. The maximum atomic E-state index is 12.6. The molecule has 0 saturated carbocycles. The van der Waals surface area contributed by atoms with Crippen LogP contribution >= 0.6 is 0 Å². The molecule has 2 amide bonds. The SMILES string of the molecule is CC(C)CC1C(=O)N=C(N)N1c1nc(NC(=N)N)nc(Nc2ccc(Nc3nc(NC(=N)N)nc(N4C(N)=NC(=O)C4CC(C)C)n3)cc2)n1. The van der Waals surface area contributed by atoms with Crippen LogP contribution in [-0.4, -0.2) is 77.6 Å². The van der Waals surface area contributed by atoms with E-state index in [2.05, 4.69) is 61.2 Å². The van der Waals surface area contributed by atoms with Gasteiger partial charge < -0.3 is 33.6 Å². The third-order valence-corrected chi connectivity index (χ3v) is 7.09. The molecule has 2 aromatic heterocycles. The van der Waals surface area contributed by atoms with Gasteiger partial charge >= 0.3 is 0 Å². The summed E-state index contributed by atoms with van der Waals surface area (Å²) in [6.45, 7) is 7.86. The van der Waals surface area contributed by atoms with Crippen LogP contribution in [-0.2, 0) is 9.59 Å². The van der Waals surface area contributed by atoms with Gasteiger partial charge in [0.1, 0.15) is 12.1 Å². The number of rotatable bonds is 12. The number of nitrogens with two attached hydrogens (primary N) is 4. The Morgan fingerprint density at radius 1 is 0.660 bits per heavy atom. The van der Waals surface area contributed by atoms with Crippen LogP contribution in [0.4, 0.5) is 47.1 Å². The summed E-state index contributed by atoms with van der Waals surface area (Å²) in [4.78, 5) is 62.0. The minimum Gasteiger partial charge on any atom is -0.370 e. The molecule has 262 valence electrons. The van der Waals surface area contributed by atoms with Crippen LogP contribution in [0, 0.1) is 22.7 Å². The number of benzene rings is 1. The molecule has 2 unspecified atom stereocenters. The van der Waals surface area contributed by atoms with Crippen molar-refractivity contribution in [3.8, 4) is 0 Å². The molecular weight excluding hydrogens is 648 g/mol. The van der Waals surface area contributed by atoms with E-state index < -0.39 is 35.8 Å². The molecule has 4 heterocycles. The van der Waals surface area contributed by atoms with Crippen LogP contribution in [0.15, 0.2) is 34.3 Å². The van der Waals surface area contributed by atoms with E-state index in [1.54, 1.807) is 24.3 Å². The fraction of sp³-hybridized carbons (Fsp3) is 0.357. The van der Waals surface area contributed by atoms with Crippen LogP contribution in [0.5, 0.6) is 0 Å². The van der Waals surface area contributed by atoms with Gasteiger partial charge in [0.25, 0.3) is 11.8 Å². The van der Waals surface area contributed by atoms with Gasteiger partial charge in [-0.2, -0.15) is 39.9 Å². The van der Waals surface area contributed by atoms with Gasteiger partial charge in [-0.1, -0.05) is 27.7 Å². The van der Waals surface area contributed by atoms with E-state index >= 15 is 0 Å². The van der Waals surface area contributed by atoms with Crippen molar-refractivity contribution in [1.29, 1.82) is 10.8 Å². The number of carbonyl (C=O) groups is 2. The molecule has 0 spiro atoms. The molecule has 22 nitrogen and oxygen atoms in total. The third-order valence-electron chi connectivity index (χ3n) is 7.09. The number of anilines is 8. The quantitative estimate of drug-likeness (QED) is 0.0904. The lowest BCUT2D eigenvalue weighted by Crippen LogP contribution is -2.44. The van der Waals surface area contributed by atoms with Crippen molar-refractivity contribution < 1.29 is 9.59 Å². The summed E-state index contributed by atoms with van der Waals surface area (Å²) in [5.41, 5.74) is 24.3. The van der Waals surface area contributed by atoms with Crippen molar-refractivity contribution in [2.75, 3.05) is 31.1 Å². The molecule has 3 aromatic rings. The van der Waals surface area contributed by atoms with E-state index in [9.17, 15) is 9.59 Å². The Morgan fingerprint density at radius 2 is 1.00 bits per heavy atom. The lowest BCUT2D eigenvalue weighted by Gasteiger charge is -2.24. The Kier molecular flexibility index (Phi) is 9.80. The van der Waals surface area contributed by atoms with Crippen LogP contribution < -0.4 is 54.0 Å². The highest BCUT2D eigenvalue weighted by atomic mass is 16.2. The average molecular weight is 687 g/mol. The first-order chi connectivity index (χ1) is 23.7. The first kappa shape index (κ1) is 34.6. The Morgan fingerprint density at radius 3 is 1.32 bits per heavy atom. The number of aliphatic imine (C=N–C) groups is 2. The molecular formula is C28H38N20O2. The Hall–Kier alpha value is -6.74. The van der Waals surface area contributed by atoms with Crippen molar-refractivity contribution in [2.45, 2.75) is 52.6 Å². The summed E-state index contributed by atoms with van der Waals surface area (Å²) < 4.78 is 0. The van der Waals surface area contributed by atoms with Crippen LogP contribution in [0.3, 0.4) is 0 Å². The van der Waals surface area contributed by atoms with E-state index in [-0.39, 0.29) is 59.4 Å². The van der Waals surface area contributed by atoms with E-state index in [4.69, 9.17) is 33.8 Å². The first-order valence-corrected chi connectivity index (χ1v) is 15.4. The number of aromatic nitrogens is 6. The fourth-order valence-corrected chi connectivity index (χ4v) is 5.12. The molecule has 0 fully saturated rings. The summed E-state index contributed by atoms with van der Waals surface area (Å²) >= 11 is 0. The molecule has 22 heteroatoms. The van der Waals surface area contributed by atoms with E-state index in [1.807, 2.05) is 27.7 Å². The largest absolute Gasteiger partial charge is 0.370 e. The molecule has 2 atom stereocenters. The van der Waals surface area contributed by atoms with Crippen molar-refractivity contribution in [2.24, 2.45) is 44.8 Å². The average Bonchev–Trinajstić information content (AvgIpc) is 3.43. The molecule has 0 aliphatic carbocycles. The number of hydrogen-bond acceptors (Lipinski definition) is 16. The maximum Gasteiger partial charge on any atom is 0.272 e. The van der Waals surface area contributed by atoms with Gasteiger partial charge in [-0.25, -0.2) is 0 Å². The zero-order valence-electron chi connectivity index (χ0n) is 27.6. The van der Waals surface area contributed by atoms with Crippen molar-refractivity contribution in [3.05, 3.63) is 24.3 Å². The topological polar surface area (TPSA) is 343 Å². The maximum absolute atomic E-state index is 12.6. The van der Waals surface area contributed by atoms with Gasteiger partial charge in [0, 0.05) is 11.4 Å². The van der Waals surface area contributed by atoms with E-state index in [1.165, 1.54) is 9.80 Å². The Labute approximate surface area is 285 Å². The minimum atomic E-state index is -0.710. The van der Waals surface area contributed by atoms with Gasteiger partial charge in [0.05, 0.1) is 0 Å². The Bertz CT molecular complexity index is 1740. The van der Waals surface area contributed by atoms with Gasteiger partial charge in [0.15, 0.2) is 11.9 Å². The fourth-order valence-electron chi connectivity index (χ4n) is 5.12. The smallest absolute Gasteiger partial charge is 0.272 e. The minimum absolute atomic E-state index is 0.0314. The van der Waals surface area contributed by atoms with Crippen LogP contribution in [0.25, 0.3) is 0 Å². The number of carbonyl (C=O) groups excluding carboxylic acids is 2. The summed E-state index contributed by atoms with van der Waals surface area (Å²) in [7, 11) is 0. The normalized spacial score (nSPS) is 17.2. The van der Waals surface area contributed by atoms with Crippen molar-refractivity contribution in [3.63, 3.8) is 0 Å². The number of nitrogens with one attached hydrogen (secondary N) is 6. The Balaban J connectivity index is 1.40. The number of hydrogen-bond donors (Lipinski definition) is 10. The molecule has 50 heavy (non-hydrogen) atoms. The standard InChI is InChI=1S/C28H38N20O2/c1-11(2)9-15-17(49)37-21(33)47(15)27-43-23(41-25(45-27)39-19(29)30)35-13-5-7-14(8-6-13)36-24-42-26(40-20(31)32)46-28(44-24)48-16(10-12(3)4)18(50)38-22(48)34/h5-8,11-12,15-16H,9-10H2,1-4H3,(H2,33,37,49)(H2,34,38,50)(H5,29,30,35,39,41,43,45)(H5,31,32,36,40,42,44,46). The predicted octanol–water partition coefficient (Wildman–Crippen LogP) is 0.307. The summed E-state index contributed by atoms with van der Waals surface area (Å²) in [6.07, 6.45) is 0.901. The second-order valence-electron chi connectivity index (χ2n) is 12.1. The van der Waals surface area contributed by atoms with Crippen molar-refractivity contribution in [1.82, 2.24) is 29.9 Å². The molecule has 1 aromatic carbocycles. The number of amides is 2. The molecule has 0 radical (unpaired) electrons. The first-order valence-electron chi connectivity index (χ1n) is 15.4. The second-order valence-corrected chi connectivity index (χ2v) is 12.1. The van der Waals surface area contributed by atoms with Gasteiger partial charge in [-0.3, -0.25) is 40.8 Å². The summed E-state index contributed by atoms with van der Waals surface area (Å²) in [5.74, 6) is -1.40. The van der Waals surface area contributed by atoms with Crippen LogP contribution in [0.2, 0.25) is 0 Å². The highest BCUT2D eigenvalue weighted by molar-refractivity contribution is 6.13. The predicted molar refractivity (Wildman–Crippen MR) is 188 cm³/mol. The zero-order valence-corrected chi connectivity index (χ0v) is 27.6. The third kappa shape index (κ3) is 8.03. The number of guanidine groups is 4. The van der Waals surface area contributed by atoms with E-state index in [0.717, 1.165) is 0 Å². The molecule has 0 saturated heterocycles. The lowest BCUT2D eigenvalue weighted by atomic mass is 10.0.